The molecular weight excluding hydrogens is 1090 g/mol. The van der Waals surface area contributed by atoms with Gasteiger partial charge in [0.15, 0.2) is 16.1 Å². The number of hydrogen-bond acceptors (Lipinski definition) is 0. The molecule has 0 atom stereocenters. The Hall–Kier alpha value is -10.9. The molecule has 16 aromatic rings. The number of nitrogens with zero attached hydrogens (tertiary/aromatic N) is 2. The van der Waals surface area contributed by atoms with E-state index in [9.17, 15) is 0 Å². The highest BCUT2D eigenvalue weighted by molar-refractivity contribution is 7.20. The lowest BCUT2D eigenvalue weighted by Gasteiger charge is -2.35. The topological polar surface area (TPSA) is 9.86 Å². The van der Waals surface area contributed by atoms with Crippen molar-refractivity contribution in [3.63, 3.8) is 0 Å². The molecule has 4 heteroatoms. The highest BCUT2D eigenvalue weighted by atomic mass is 28.3. The minimum absolute atomic E-state index is 1.12. The summed E-state index contributed by atoms with van der Waals surface area (Å²) in [5, 5.41) is 15.6. The number of para-hydroxylation sites is 1. The summed E-state index contributed by atoms with van der Waals surface area (Å²) >= 11 is 0. The van der Waals surface area contributed by atoms with Crippen molar-refractivity contribution >= 4 is 101 Å². The van der Waals surface area contributed by atoms with Gasteiger partial charge in [-0.3, -0.25) is 0 Å². The van der Waals surface area contributed by atoms with E-state index in [1.54, 1.807) is 0 Å². The molecule has 0 saturated carbocycles. The molecule has 0 aliphatic heterocycles. The average Bonchev–Trinajstić information content (AvgIpc) is 1.51. The van der Waals surface area contributed by atoms with Crippen LogP contribution in [0.4, 0.5) is 0 Å². The van der Waals surface area contributed by atoms with Gasteiger partial charge in [0.05, 0.1) is 22.1 Å². The van der Waals surface area contributed by atoms with E-state index in [-0.39, 0.29) is 0 Å². The molecule has 2 aromatic heterocycles. The quantitative estimate of drug-likeness (QED) is 0.0804. The second kappa shape index (κ2) is 22.2. The minimum atomic E-state index is -3.16. The second-order valence-electron chi connectivity index (χ2n) is 23.1. The van der Waals surface area contributed by atoms with Gasteiger partial charge in [-0.05, 0) is 123 Å². The molecule has 414 valence electrons. The van der Waals surface area contributed by atoms with Crippen LogP contribution in [0.25, 0.3) is 88.4 Å². The van der Waals surface area contributed by atoms with Gasteiger partial charge in [-0.1, -0.05) is 315 Å². The molecule has 0 aliphatic rings. The Kier molecular flexibility index (Phi) is 13.3. The third-order valence-electron chi connectivity index (χ3n) is 18.4. The maximum absolute atomic E-state index is 3.16. The number of benzene rings is 14. The van der Waals surface area contributed by atoms with Gasteiger partial charge in [-0.15, -0.1) is 0 Å². The first kappa shape index (κ1) is 52.7. The van der Waals surface area contributed by atoms with E-state index in [2.05, 4.69) is 373 Å². The Morgan fingerprint density at radius 1 is 0.182 bits per heavy atom. The average molecular weight is 1150 g/mol. The lowest BCUT2D eigenvalue weighted by Crippen LogP contribution is -2.74. The molecule has 0 bridgehead atoms. The molecule has 0 amide bonds. The fourth-order valence-electron chi connectivity index (χ4n) is 14.6. The summed E-state index contributed by atoms with van der Waals surface area (Å²) in [4.78, 5) is 0. The second-order valence-corrected chi connectivity index (χ2v) is 30.7. The molecule has 0 unspecified atom stereocenters. The molecule has 0 N–H and O–H groups in total. The van der Waals surface area contributed by atoms with Crippen LogP contribution < -0.4 is 41.5 Å². The van der Waals surface area contributed by atoms with Gasteiger partial charge < -0.3 is 9.13 Å². The van der Waals surface area contributed by atoms with E-state index in [1.165, 1.54) is 107 Å². The molecule has 0 aliphatic carbocycles. The molecule has 2 heterocycles. The largest absolute Gasteiger partial charge is 0.309 e. The third kappa shape index (κ3) is 8.67. The molecule has 14 aromatic carbocycles. The van der Waals surface area contributed by atoms with E-state index >= 15 is 0 Å². The van der Waals surface area contributed by atoms with Crippen LogP contribution in [0.15, 0.2) is 364 Å². The van der Waals surface area contributed by atoms with Crippen molar-refractivity contribution in [3.05, 3.63) is 364 Å². The van der Waals surface area contributed by atoms with E-state index in [4.69, 9.17) is 0 Å². The summed E-state index contributed by atoms with van der Waals surface area (Å²) in [5.41, 5.74) is 14.1. The monoisotopic (exact) mass is 1150 g/mol. The number of rotatable bonds is 13. The van der Waals surface area contributed by atoms with Gasteiger partial charge in [0.1, 0.15) is 0 Å². The smallest absolute Gasteiger partial charge is 0.179 e. The Bertz CT molecular complexity index is 5000. The lowest BCUT2D eigenvalue weighted by molar-refractivity contribution is 1.17. The Morgan fingerprint density at radius 3 is 1.08 bits per heavy atom. The van der Waals surface area contributed by atoms with Crippen LogP contribution in [0.5, 0.6) is 0 Å². The Morgan fingerprint density at radius 2 is 0.534 bits per heavy atom. The normalized spacial score (nSPS) is 11.9. The van der Waals surface area contributed by atoms with Crippen LogP contribution in [0.3, 0.4) is 0 Å². The van der Waals surface area contributed by atoms with Crippen LogP contribution in [-0.4, -0.2) is 25.3 Å². The van der Waals surface area contributed by atoms with E-state index < -0.39 is 16.1 Å². The molecule has 2 nitrogen and oxygen atoms in total. The summed E-state index contributed by atoms with van der Waals surface area (Å²) in [7, 11) is -5.98. The number of fused-ring (bicyclic) bond motifs is 6. The van der Waals surface area contributed by atoms with Crippen molar-refractivity contribution in [2.24, 2.45) is 0 Å². The van der Waals surface area contributed by atoms with Crippen molar-refractivity contribution in [2.75, 3.05) is 0 Å². The molecule has 88 heavy (non-hydrogen) atoms. The van der Waals surface area contributed by atoms with Crippen molar-refractivity contribution in [2.45, 2.75) is 0 Å². The van der Waals surface area contributed by atoms with Crippen LogP contribution >= 0.6 is 0 Å². The zero-order chi connectivity index (χ0) is 58.4. The predicted molar refractivity (Wildman–Crippen MR) is 379 cm³/mol. The standard InChI is InChI=1S/C84H60N2Si2/c1-8-28-61(29-9-1)64-34-24-45-72(56-64)88(71-43-20-7-21-44-71,73-46-25-35-65(57-73)62-30-10-2-11-31-62)74-47-26-36-66(58-74)86-82-54-52-67(59-79(82)84-76(49-27-51-83(84)86)63-32-12-3-13-33-63)85-80-50-23-22-48-77(80)78-60-75(53-55-81(78)85)87(68-37-14-4-15-38-68,69-39-16-5-17-40-69)70-41-18-6-19-42-70/h1-60H. The highest BCUT2D eigenvalue weighted by Crippen LogP contribution is 2.41. The van der Waals surface area contributed by atoms with Gasteiger partial charge in [-0.2, -0.15) is 0 Å². The Labute approximate surface area is 515 Å². The number of hydrogen-bond donors (Lipinski definition) is 0. The fourth-order valence-corrected chi connectivity index (χ4v) is 24.2. The van der Waals surface area contributed by atoms with Crippen molar-refractivity contribution in [3.8, 4) is 44.8 Å². The van der Waals surface area contributed by atoms with Crippen molar-refractivity contribution in [1.82, 2.24) is 9.13 Å². The zero-order valence-electron chi connectivity index (χ0n) is 48.5. The Balaban J connectivity index is 0.936. The molecule has 16 rings (SSSR count). The number of aromatic nitrogens is 2. The van der Waals surface area contributed by atoms with E-state index in [0.29, 0.717) is 0 Å². The first-order chi connectivity index (χ1) is 43.7. The van der Waals surface area contributed by atoms with Gasteiger partial charge in [-0.25, -0.2) is 0 Å². The minimum Gasteiger partial charge on any atom is -0.309 e. The van der Waals surface area contributed by atoms with Crippen LogP contribution in [0, 0.1) is 0 Å². The maximum atomic E-state index is 2.54. The first-order valence-electron chi connectivity index (χ1n) is 30.5. The van der Waals surface area contributed by atoms with E-state index in [0.717, 1.165) is 22.4 Å². The van der Waals surface area contributed by atoms with Gasteiger partial charge in [0.2, 0.25) is 0 Å². The zero-order valence-corrected chi connectivity index (χ0v) is 50.5. The third-order valence-corrected chi connectivity index (χ3v) is 27.9. The van der Waals surface area contributed by atoms with Crippen LogP contribution in [0.2, 0.25) is 0 Å². The molecule has 0 saturated heterocycles. The summed E-state index contributed by atoms with van der Waals surface area (Å²) in [6.07, 6.45) is 0. The summed E-state index contributed by atoms with van der Waals surface area (Å²) in [6, 6.07) is 137. The van der Waals surface area contributed by atoms with Crippen LogP contribution in [-0.2, 0) is 0 Å². The van der Waals surface area contributed by atoms with Crippen molar-refractivity contribution in [1.29, 1.82) is 0 Å². The SMILES string of the molecule is c1ccc(-c2cccc([Si](c3ccccc3)(c3cccc(-c4ccccc4)c3)c3cccc(-n4c5ccc(-n6c7ccccc7c7cc([Si](c8ccccc8)(c8ccccc8)c8ccccc8)ccc76)cc5c5c(-c6ccccc6)cccc54)c3)c2)cc1. The molecule has 0 fully saturated rings. The summed E-state index contributed by atoms with van der Waals surface area (Å²) in [6.45, 7) is 0. The van der Waals surface area contributed by atoms with Gasteiger partial charge >= 0.3 is 0 Å². The maximum Gasteiger partial charge on any atom is 0.179 e. The fraction of sp³-hybridized carbons (Fsp3) is 0. The van der Waals surface area contributed by atoms with Crippen molar-refractivity contribution < 1.29 is 0 Å². The first-order valence-corrected chi connectivity index (χ1v) is 34.5. The van der Waals surface area contributed by atoms with Gasteiger partial charge in [0.25, 0.3) is 0 Å². The van der Waals surface area contributed by atoms with Gasteiger partial charge in [0, 0.05) is 32.9 Å². The summed E-state index contributed by atoms with van der Waals surface area (Å²) in [5.74, 6) is 0. The lowest BCUT2D eigenvalue weighted by atomic mass is 9.99. The van der Waals surface area contributed by atoms with Crippen LogP contribution in [0.1, 0.15) is 0 Å². The molecule has 0 radical (unpaired) electrons. The predicted octanol–water partition coefficient (Wildman–Crippen LogP) is 15.6. The van der Waals surface area contributed by atoms with E-state index in [1.807, 2.05) is 0 Å². The molecular formula is C84H60N2Si2. The molecule has 0 spiro atoms. The summed E-state index contributed by atoms with van der Waals surface area (Å²) < 4.78 is 5.04. The highest BCUT2D eigenvalue weighted by Gasteiger charge is 2.43.